The van der Waals surface area contributed by atoms with Gasteiger partial charge in [0.05, 0.1) is 0 Å². The molecule has 0 aromatic carbocycles. The predicted octanol–water partition coefficient (Wildman–Crippen LogP) is 1.27. The zero-order chi connectivity index (χ0) is 15.6. The van der Waals surface area contributed by atoms with Crippen LogP contribution in [0.25, 0.3) is 35.3 Å². The summed E-state index contributed by atoms with van der Waals surface area (Å²) < 4.78 is 0. The molecule has 0 aliphatic rings. The van der Waals surface area contributed by atoms with Crippen LogP contribution in [-0.2, 0) is 0 Å². The van der Waals surface area contributed by atoms with Crippen molar-refractivity contribution in [3.05, 3.63) is 68.1 Å². The first kappa shape index (κ1) is 14.5. The van der Waals surface area contributed by atoms with Gasteiger partial charge in [0.1, 0.15) is 11.0 Å². The Hall–Kier alpha value is -2.88. The van der Waals surface area contributed by atoms with E-state index < -0.39 is 0 Å². The van der Waals surface area contributed by atoms with Crippen molar-refractivity contribution in [3.63, 3.8) is 0 Å². The Morgan fingerprint density at radius 3 is 2.14 bits per heavy atom. The Labute approximate surface area is 121 Å². The van der Waals surface area contributed by atoms with E-state index in [1.54, 1.807) is 19.1 Å². The number of hydrogen-bond donors (Lipinski definition) is 2. The summed E-state index contributed by atoms with van der Waals surface area (Å²) in [4.78, 5) is 31.0. The number of pyridine rings is 2. The highest BCUT2D eigenvalue weighted by Gasteiger charge is 2.11. The molecule has 106 valence electrons. The van der Waals surface area contributed by atoms with Crippen LogP contribution in [0.4, 0.5) is 0 Å². The Balaban J connectivity index is 3.25. The number of rotatable bonds is 3. The molecule has 0 unspecified atom stereocenters. The van der Waals surface area contributed by atoms with Gasteiger partial charge >= 0.3 is 0 Å². The molecule has 0 atom stereocenters. The summed E-state index contributed by atoms with van der Waals surface area (Å²) in [5, 5.41) is 1.04. The lowest BCUT2D eigenvalue weighted by Gasteiger charge is -2.05. The van der Waals surface area contributed by atoms with Crippen molar-refractivity contribution in [2.45, 2.75) is 6.92 Å². The van der Waals surface area contributed by atoms with E-state index in [4.69, 9.17) is 0 Å². The van der Waals surface area contributed by atoms with E-state index in [9.17, 15) is 9.59 Å². The molecule has 0 aliphatic carbocycles. The lowest BCUT2D eigenvalue weighted by molar-refractivity contribution is 1.20. The fourth-order valence-electron chi connectivity index (χ4n) is 2.26. The van der Waals surface area contributed by atoms with Crippen LogP contribution < -0.4 is 21.4 Å². The summed E-state index contributed by atoms with van der Waals surface area (Å²) in [6, 6.07) is 0. The second-order valence-electron chi connectivity index (χ2n) is 4.41. The van der Waals surface area contributed by atoms with Gasteiger partial charge < -0.3 is 9.97 Å². The molecule has 0 aliphatic heterocycles. The van der Waals surface area contributed by atoms with Gasteiger partial charge in [0.25, 0.3) is 0 Å². The zero-order valence-corrected chi connectivity index (χ0v) is 11.8. The van der Waals surface area contributed by atoms with Crippen LogP contribution in [0.15, 0.2) is 35.4 Å². The molecule has 4 nitrogen and oxygen atoms in total. The average molecular weight is 280 g/mol. The zero-order valence-electron chi connectivity index (χ0n) is 11.8. The lowest BCUT2D eigenvalue weighted by Crippen LogP contribution is -2.42. The SMILES string of the molecule is C=C/C=c1/c(=O)c2[nH]c(C=C)c(C=C)c(=O)c2[nH]/c1=C/C. The van der Waals surface area contributed by atoms with Gasteiger partial charge in [-0.15, -0.1) is 0 Å². The van der Waals surface area contributed by atoms with E-state index in [-0.39, 0.29) is 21.9 Å². The highest BCUT2D eigenvalue weighted by atomic mass is 16.1. The number of allylic oxidation sites excluding steroid dienone is 1. The van der Waals surface area contributed by atoms with E-state index in [1.807, 2.05) is 0 Å². The number of hydrogen-bond acceptors (Lipinski definition) is 2. The fraction of sp³-hybridized carbons (Fsp3) is 0.0588. The molecule has 0 spiro atoms. The third-order valence-electron chi connectivity index (χ3n) is 3.27. The van der Waals surface area contributed by atoms with Gasteiger partial charge in [0, 0.05) is 21.8 Å². The first-order chi connectivity index (χ1) is 10.1. The van der Waals surface area contributed by atoms with Crippen molar-refractivity contribution < 1.29 is 0 Å². The maximum atomic E-state index is 12.6. The molecule has 4 heteroatoms. The standard InChI is InChI=1S/C17H16N2O2/c1-5-9-11-13(8-4)19-14-15(17(11)21)18-12(7-3)10(6-2)16(14)20/h5-9,19H,1-3H2,4H3,(H,18,20)/b11-9+,13-8+. The third kappa shape index (κ3) is 2.21. The predicted molar refractivity (Wildman–Crippen MR) is 89.4 cm³/mol. The van der Waals surface area contributed by atoms with Crippen LogP contribution in [0, 0.1) is 0 Å². The monoisotopic (exact) mass is 280 g/mol. The minimum absolute atomic E-state index is 0.221. The second kappa shape index (κ2) is 5.63. The lowest BCUT2D eigenvalue weighted by atomic mass is 10.1. The number of H-pyrrole nitrogens is 2. The Kier molecular flexibility index (Phi) is 3.89. The molecule has 2 aromatic rings. The topological polar surface area (TPSA) is 65.7 Å². The minimum Gasteiger partial charge on any atom is -0.350 e. The molecule has 0 saturated carbocycles. The largest absolute Gasteiger partial charge is 0.350 e. The van der Waals surface area contributed by atoms with Crippen LogP contribution in [0.3, 0.4) is 0 Å². The first-order valence-corrected chi connectivity index (χ1v) is 6.45. The summed E-state index contributed by atoms with van der Waals surface area (Å²) >= 11 is 0. The van der Waals surface area contributed by atoms with Crippen molar-refractivity contribution in [2.75, 3.05) is 0 Å². The van der Waals surface area contributed by atoms with Crippen LogP contribution in [0.5, 0.6) is 0 Å². The van der Waals surface area contributed by atoms with E-state index in [1.165, 1.54) is 18.2 Å². The highest BCUT2D eigenvalue weighted by Crippen LogP contribution is 2.07. The van der Waals surface area contributed by atoms with Crippen molar-refractivity contribution in [3.8, 4) is 0 Å². The van der Waals surface area contributed by atoms with Crippen LogP contribution in [0.2, 0.25) is 0 Å². The first-order valence-electron chi connectivity index (χ1n) is 6.45. The van der Waals surface area contributed by atoms with Crippen molar-refractivity contribution in [1.82, 2.24) is 9.97 Å². The molecule has 0 saturated heterocycles. The smallest absolute Gasteiger partial charge is 0.213 e. The molecule has 0 bridgehead atoms. The number of fused-ring (bicyclic) bond motifs is 1. The van der Waals surface area contributed by atoms with Crippen molar-refractivity contribution in [2.24, 2.45) is 0 Å². The van der Waals surface area contributed by atoms with Gasteiger partial charge in [0.15, 0.2) is 0 Å². The molecule has 2 aromatic heterocycles. The van der Waals surface area contributed by atoms with Crippen LogP contribution in [0.1, 0.15) is 18.2 Å². The normalized spacial score (nSPS) is 12.6. The van der Waals surface area contributed by atoms with Gasteiger partial charge in [-0.1, -0.05) is 38.0 Å². The summed E-state index contributed by atoms with van der Waals surface area (Å²) in [5.74, 6) is 0. The van der Waals surface area contributed by atoms with Gasteiger partial charge in [0.2, 0.25) is 10.9 Å². The molecule has 0 radical (unpaired) electrons. The number of nitrogens with one attached hydrogen (secondary N) is 2. The second-order valence-corrected chi connectivity index (χ2v) is 4.41. The number of aromatic amines is 2. The van der Waals surface area contributed by atoms with Crippen molar-refractivity contribution in [1.29, 1.82) is 0 Å². The quantitative estimate of drug-likeness (QED) is 0.889. The molecule has 2 rings (SSSR count). The van der Waals surface area contributed by atoms with E-state index >= 15 is 0 Å². The van der Waals surface area contributed by atoms with Gasteiger partial charge in [-0.3, -0.25) is 9.59 Å². The molecular weight excluding hydrogens is 264 g/mol. The van der Waals surface area contributed by atoms with Crippen molar-refractivity contribution >= 4 is 35.3 Å². The molecule has 2 N–H and O–H groups in total. The fourth-order valence-corrected chi connectivity index (χ4v) is 2.26. The Bertz CT molecular complexity index is 989. The summed E-state index contributed by atoms with van der Waals surface area (Å²) in [6.07, 6.45) is 7.83. The summed E-state index contributed by atoms with van der Waals surface area (Å²) in [5.41, 5.74) is 0.780. The number of aromatic nitrogens is 2. The van der Waals surface area contributed by atoms with Crippen LogP contribution in [-0.4, -0.2) is 9.97 Å². The van der Waals surface area contributed by atoms with E-state index in [2.05, 4.69) is 29.7 Å². The third-order valence-corrected chi connectivity index (χ3v) is 3.27. The molecule has 21 heavy (non-hydrogen) atoms. The van der Waals surface area contributed by atoms with E-state index in [0.29, 0.717) is 21.8 Å². The maximum Gasteiger partial charge on any atom is 0.213 e. The van der Waals surface area contributed by atoms with Gasteiger partial charge in [-0.25, -0.2) is 0 Å². The summed E-state index contributed by atoms with van der Waals surface area (Å²) in [6.45, 7) is 12.7. The van der Waals surface area contributed by atoms with Gasteiger partial charge in [-0.05, 0) is 19.1 Å². The molecule has 0 fully saturated rings. The molecule has 0 amide bonds. The van der Waals surface area contributed by atoms with Gasteiger partial charge in [-0.2, -0.15) is 0 Å². The Morgan fingerprint density at radius 1 is 0.952 bits per heavy atom. The average Bonchev–Trinajstić information content (AvgIpc) is 2.50. The minimum atomic E-state index is -0.279. The van der Waals surface area contributed by atoms with E-state index in [0.717, 1.165) is 0 Å². The molecular formula is C17H16N2O2. The summed E-state index contributed by atoms with van der Waals surface area (Å²) in [7, 11) is 0. The molecule has 2 heterocycles. The highest BCUT2D eigenvalue weighted by molar-refractivity contribution is 5.80. The van der Waals surface area contributed by atoms with Crippen LogP contribution >= 0.6 is 0 Å². The Morgan fingerprint density at radius 2 is 1.62 bits per heavy atom. The maximum absolute atomic E-state index is 12.6.